The molecule has 0 amide bonds. The minimum atomic E-state index is -2.86. The molecule has 3 aromatic carbocycles. The van der Waals surface area contributed by atoms with Gasteiger partial charge in [0.1, 0.15) is 21.2 Å². The Morgan fingerprint density at radius 1 is 1.00 bits per heavy atom. The number of nitrogens with one attached hydrogen (secondary N) is 1. The van der Waals surface area contributed by atoms with Gasteiger partial charge in [-0.1, -0.05) is 48.5 Å². The molecule has 176 valence electrons. The Morgan fingerprint density at radius 2 is 1.66 bits per heavy atom. The van der Waals surface area contributed by atoms with E-state index in [0.29, 0.717) is 22.2 Å². The molecular weight excluding hydrogens is 453 g/mol. The van der Waals surface area contributed by atoms with E-state index in [9.17, 15) is 20.2 Å². The molecule has 0 aliphatic carbocycles. The number of hydrogen-bond donors (Lipinski definition) is 1. The van der Waals surface area contributed by atoms with E-state index in [1.54, 1.807) is 48.5 Å². The Bertz CT molecular complexity index is 1540. The molecule has 0 bridgehead atoms. The highest BCUT2D eigenvalue weighted by atomic mass is 19.1. The molecule has 1 N–H and O–H groups in total. The number of nitro groups is 2. The van der Waals surface area contributed by atoms with Crippen LogP contribution in [0.4, 0.5) is 10.1 Å². The van der Waals surface area contributed by atoms with E-state index < -0.39 is 32.6 Å². The van der Waals surface area contributed by atoms with E-state index in [1.807, 2.05) is 12.1 Å². The number of nitrogens with zero attached hydrogens (tertiary/aromatic N) is 4. The van der Waals surface area contributed by atoms with E-state index in [2.05, 4.69) is 15.3 Å². The number of para-hydroxylation sites is 1. The number of pyridine rings is 1. The Balaban J connectivity index is 1.87. The van der Waals surface area contributed by atoms with Gasteiger partial charge in [0.05, 0.1) is 17.7 Å². The summed E-state index contributed by atoms with van der Waals surface area (Å²) in [5.74, 6) is -0.751. The van der Waals surface area contributed by atoms with Crippen LogP contribution in [0.15, 0.2) is 71.7 Å². The lowest BCUT2D eigenvalue weighted by molar-refractivity contribution is -0.780. The highest BCUT2D eigenvalue weighted by Gasteiger charge is 2.75. The quantitative estimate of drug-likeness (QED) is 0.193. The number of benzene rings is 3. The van der Waals surface area contributed by atoms with Gasteiger partial charge in [-0.3, -0.25) is 25.2 Å². The molecule has 5 rings (SSSR count). The lowest BCUT2D eigenvalue weighted by Gasteiger charge is -2.39. The molecule has 2 heterocycles. The first-order chi connectivity index (χ1) is 16.7. The number of hydrogen-bond acceptors (Lipinski definition) is 7. The van der Waals surface area contributed by atoms with Crippen molar-refractivity contribution in [2.24, 2.45) is 4.99 Å². The van der Waals surface area contributed by atoms with Gasteiger partial charge in [-0.2, -0.15) is 0 Å². The molecular formula is C25H20FN5O4. The Kier molecular flexibility index (Phi) is 4.97. The average Bonchev–Trinajstić information content (AvgIpc) is 2.82. The maximum Gasteiger partial charge on any atom is 0.522 e. The van der Waals surface area contributed by atoms with Crippen molar-refractivity contribution in [3.8, 4) is 0 Å². The summed E-state index contributed by atoms with van der Waals surface area (Å²) in [4.78, 5) is 31.8. The van der Waals surface area contributed by atoms with Crippen LogP contribution in [0.2, 0.25) is 0 Å². The molecule has 0 fully saturated rings. The topological polar surface area (TPSA) is 124 Å². The van der Waals surface area contributed by atoms with Crippen LogP contribution >= 0.6 is 0 Å². The Morgan fingerprint density at radius 3 is 2.34 bits per heavy atom. The number of aliphatic imine (C=N–C) groups is 1. The number of rotatable bonds is 4. The van der Waals surface area contributed by atoms with Crippen molar-refractivity contribution in [3.63, 3.8) is 0 Å². The molecule has 35 heavy (non-hydrogen) atoms. The van der Waals surface area contributed by atoms with Crippen molar-refractivity contribution in [2.45, 2.75) is 31.6 Å². The smallest absolute Gasteiger partial charge is 0.366 e. The summed E-state index contributed by atoms with van der Waals surface area (Å²) >= 11 is 0. The van der Waals surface area contributed by atoms with Gasteiger partial charge in [0, 0.05) is 16.3 Å². The summed E-state index contributed by atoms with van der Waals surface area (Å²) in [6.45, 7) is 2.71. The fourth-order valence-corrected chi connectivity index (χ4v) is 4.75. The van der Waals surface area contributed by atoms with Crippen LogP contribution in [0.3, 0.4) is 0 Å². The molecule has 1 aliphatic rings. The number of halogens is 1. The minimum absolute atomic E-state index is 0.0317. The summed E-state index contributed by atoms with van der Waals surface area (Å²) in [6.07, 6.45) is 0. The number of aromatic nitrogens is 1. The predicted molar refractivity (Wildman–Crippen MR) is 130 cm³/mol. The number of fused-ring (bicyclic) bond motifs is 4. The van der Waals surface area contributed by atoms with Crippen LogP contribution in [0.1, 0.15) is 25.0 Å². The van der Waals surface area contributed by atoms with Crippen molar-refractivity contribution < 1.29 is 14.2 Å². The lowest BCUT2D eigenvalue weighted by Crippen LogP contribution is -2.71. The van der Waals surface area contributed by atoms with Gasteiger partial charge in [0.25, 0.3) is 0 Å². The van der Waals surface area contributed by atoms with Gasteiger partial charge in [-0.05, 0) is 37.6 Å². The zero-order valence-corrected chi connectivity index (χ0v) is 18.9. The minimum Gasteiger partial charge on any atom is -0.366 e. The zero-order chi connectivity index (χ0) is 25.0. The second-order valence-electron chi connectivity index (χ2n) is 8.95. The summed E-state index contributed by atoms with van der Waals surface area (Å²) < 4.78 is 15.4. The van der Waals surface area contributed by atoms with Gasteiger partial charge in [0.15, 0.2) is 5.54 Å². The second kappa shape index (κ2) is 7.79. The normalized spacial score (nSPS) is 17.2. The molecule has 0 spiro atoms. The van der Waals surface area contributed by atoms with Crippen molar-refractivity contribution >= 4 is 33.2 Å². The molecule has 4 aromatic rings. The highest BCUT2D eigenvalue weighted by molar-refractivity contribution is 6.17. The van der Waals surface area contributed by atoms with E-state index in [-0.39, 0.29) is 17.6 Å². The maximum atomic E-state index is 15.4. The molecule has 10 heteroatoms. The van der Waals surface area contributed by atoms with Gasteiger partial charge < -0.3 is 5.32 Å². The van der Waals surface area contributed by atoms with E-state index in [1.165, 1.54) is 13.8 Å². The van der Waals surface area contributed by atoms with Crippen molar-refractivity contribution in [1.29, 1.82) is 0 Å². The standard InChI is InChI=1S/C25H20FN5O4/c1-24(2)25(30(32)33,31(34)35)23(27-14-15-8-4-3-5-9-15)18-13-19(26)22-17(21(18)29-24)12-16-10-6-7-11-20(16)28-22/h3-13,29H,14H2,1-2H3. The first-order valence-corrected chi connectivity index (χ1v) is 10.8. The third-order valence-electron chi connectivity index (χ3n) is 6.45. The van der Waals surface area contributed by atoms with Gasteiger partial charge in [-0.15, -0.1) is 0 Å². The van der Waals surface area contributed by atoms with Crippen LogP contribution in [0.25, 0.3) is 21.8 Å². The van der Waals surface area contributed by atoms with Crippen LogP contribution < -0.4 is 5.32 Å². The molecule has 1 aromatic heterocycles. The molecule has 0 unspecified atom stereocenters. The van der Waals surface area contributed by atoms with Crippen molar-refractivity contribution in [2.75, 3.05) is 5.32 Å². The highest BCUT2D eigenvalue weighted by Crippen LogP contribution is 2.44. The third kappa shape index (κ3) is 3.21. The summed E-state index contributed by atoms with van der Waals surface area (Å²) in [7, 11) is 0. The third-order valence-corrected chi connectivity index (χ3v) is 6.45. The first kappa shape index (κ1) is 22.3. The van der Waals surface area contributed by atoms with Crippen LogP contribution in [0, 0.1) is 26.0 Å². The fourth-order valence-electron chi connectivity index (χ4n) is 4.75. The van der Waals surface area contributed by atoms with E-state index in [0.717, 1.165) is 11.5 Å². The van der Waals surface area contributed by atoms with E-state index >= 15 is 4.39 Å². The molecule has 0 saturated heterocycles. The van der Waals surface area contributed by atoms with Crippen LogP contribution in [-0.2, 0) is 6.54 Å². The number of anilines is 1. The second-order valence-corrected chi connectivity index (χ2v) is 8.95. The largest absolute Gasteiger partial charge is 0.522 e. The summed E-state index contributed by atoms with van der Waals surface area (Å²) in [6, 6.07) is 18.8. The fraction of sp³-hybridized carbons (Fsp3) is 0.200. The molecule has 0 saturated carbocycles. The van der Waals surface area contributed by atoms with Crippen molar-refractivity contribution in [1.82, 2.24) is 4.98 Å². The van der Waals surface area contributed by atoms with Gasteiger partial charge >= 0.3 is 5.66 Å². The van der Waals surface area contributed by atoms with Crippen LogP contribution in [-0.4, -0.2) is 31.7 Å². The Hall–Kier alpha value is -4.47. The predicted octanol–water partition coefficient (Wildman–Crippen LogP) is 4.97. The Labute approximate surface area is 198 Å². The van der Waals surface area contributed by atoms with Gasteiger partial charge in [-0.25, -0.2) is 9.37 Å². The lowest BCUT2D eigenvalue weighted by atomic mass is 9.76. The molecule has 1 aliphatic heterocycles. The summed E-state index contributed by atoms with van der Waals surface area (Å²) in [5, 5.41) is 28.9. The van der Waals surface area contributed by atoms with Crippen molar-refractivity contribution in [3.05, 3.63) is 104 Å². The molecule has 0 radical (unpaired) electrons. The van der Waals surface area contributed by atoms with E-state index in [4.69, 9.17) is 0 Å². The summed E-state index contributed by atoms with van der Waals surface area (Å²) in [5.41, 5.74) is -3.37. The monoisotopic (exact) mass is 473 g/mol. The van der Waals surface area contributed by atoms with Gasteiger partial charge in [0.2, 0.25) is 5.71 Å². The maximum absolute atomic E-state index is 15.4. The zero-order valence-electron chi connectivity index (χ0n) is 18.9. The molecule has 0 atom stereocenters. The van der Waals surface area contributed by atoms with Crippen LogP contribution in [0.5, 0.6) is 0 Å². The SMILES string of the molecule is CC1(C)Nc2c(cc(F)c3nc4ccccc4cc23)C(=NCc2ccccc2)C1([N+](=O)[O-])[N+](=O)[O-]. The average molecular weight is 473 g/mol. The molecule has 9 nitrogen and oxygen atoms in total. The first-order valence-electron chi connectivity index (χ1n) is 10.8.